The van der Waals surface area contributed by atoms with Gasteiger partial charge in [0.15, 0.2) is 0 Å². The van der Waals surface area contributed by atoms with Crippen LogP contribution in [0.1, 0.15) is 43.0 Å². The van der Waals surface area contributed by atoms with E-state index in [-0.39, 0.29) is 5.60 Å². The third-order valence-electron chi connectivity index (χ3n) is 5.66. The van der Waals surface area contributed by atoms with Crippen LogP contribution in [0.2, 0.25) is 4.34 Å². The molecule has 22 heavy (non-hydrogen) atoms. The van der Waals surface area contributed by atoms with E-state index < -0.39 is 0 Å². The molecule has 3 aliphatic rings. The van der Waals surface area contributed by atoms with Crippen LogP contribution in [0.4, 0.5) is 0 Å². The van der Waals surface area contributed by atoms with Crippen LogP contribution in [0, 0.1) is 5.41 Å². The average molecular weight is 342 g/mol. The molecule has 1 saturated heterocycles. The van der Waals surface area contributed by atoms with Crippen molar-refractivity contribution in [1.29, 1.82) is 0 Å². The van der Waals surface area contributed by atoms with Crippen molar-refractivity contribution in [3.05, 3.63) is 20.8 Å². The Balaban J connectivity index is 1.67. The fraction of sp³-hybridized carbons (Fsp3) is 0.765. The molecule has 3 atom stereocenters. The van der Waals surface area contributed by atoms with Crippen LogP contribution < -0.4 is 5.32 Å². The summed E-state index contributed by atoms with van der Waals surface area (Å²) in [6, 6.07) is 3.08. The molecule has 1 unspecified atom stereocenters. The number of nitrogens with one attached hydrogen (secondary N) is 1. The first-order valence-corrected chi connectivity index (χ1v) is 9.44. The van der Waals surface area contributed by atoms with Crippen molar-refractivity contribution in [3.63, 3.8) is 0 Å². The van der Waals surface area contributed by atoms with Gasteiger partial charge in [-0.1, -0.05) is 11.6 Å². The van der Waals surface area contributed by atoms with Crippen molar-refractivity contribution < 1.29 is 9.47 Å². The summed E-state index contributed by atoms with van der Waals surface area (Å²) in [5, 5.41) is 3.82. The second kappa shape index (κ2) is 5.45. The van der Waals surface area contributed by atoms with E-state index in [9.17, 15) is 0 Å². The Kier molecular flexibility index (Phi) is 3.82. The van der Waals surface area contributed by atoms with Crippen molar-refractivity contribution in [2.24, 2.45) is 5.41 Å². The molecular weight excluding hydrogens is 318 g/mol. The van der Waals surface area contributed by atoms with Gasteiger partial charge in [0.2, 0.25) is 0 Å². The summed E-state index contributed by atoms with van der Waals surface area (Å²) < 4.78 is 12.8. The molecule has 3 heterocycles. The number of fused-ring (bicyclic) bond motifs is 2. The highest BCUT2D eigenvalue weighted by molar-refractivity contribution is 7.16. The van der Waals surface area contributed by atoms with Crippen LogP contribution in [-0.2, 0) is 21.5 Å². The summed E-state index contributed by atoms with van der Waals surface area (Å²) in [5.74, 6) is 0. The predicted octanol–water partition coefficient (Wildman–Crippen LogP) is 3.74. The number of piperidine rings is 1. The van der Waals surface area contributed by atoms with Crippen LogP contribution in [0.3, 0.4) is 0 Å². The van der Waals surface area contributed by atoms with E-state index >= 15 is 0 Å². The second-order valence-corrected chi connectivity index (χ2v) is 9.01. The molecule has 1 spiro atoms. The lowest BCUT2D eigenvalue weighted by Gasteiger charge is -2.48. The minimum atomic E-state index is -0.135. The smallest absolute Gasteiger partial charge is 0.106 e. The average Bonchev–Trinajstić information content (AvgIpc) is 3.14. The van der Waals surface area contributed by atoms with E-state index in [1.165, 1.54) is 23.3 Å². The highest BCUT2D eigenvalue weighted by atomic mass is 35.5. The third kappa shape index (κ3) is 2.44. The topological polar surface area (TPSA) is 30.5 Å². The standard InChI is InChI=1S/C17H24ClNO2S/c1-11-8-17(9-13(19-11)16(4-5-16)10-20-2)15-12(3-6-21-17)7-14(18)22-15/h7,11,13,19H,3-6,8-10H2,1-2H3/t11-,13?,17-/m0/s1. The number of hydrogen-bond acceptors (Lipinski definition) is 4. The van der Waals surface area contributed by atoms with Gasteiger partial charge in [0.05, 0.1) is 17.6 Å². The minimum Gasteiger partial charge on any atom is -0.384 e. The van der Waals surface area contributed by atoms with Crippen LogP contribution >= 0.6 is 22.9 Å². The van der Waals surface area contributed by atoms with E-state index in [2.05, 4.69) is 18.3 Å². The molecule has 5 heteroatoms. The zero-order chi connectivity index (χ0) is 15.4. The number of hydrogen-bond donors (Lipinski definition) is 1. The molecule has 0 radical (unpaired) electrons. The maximum absolute atomic E-state index is 6.42. The zero-order valence-corrected chi connectivity index (χ0v) is 14.9. The first-order chi connectivity index (χ1) is 10.6. The van der Waals surface area contributed by atoms with Crippen molar-refractivity contribution in [2.45, 2.75) is 56.7 Å². The molecular formula is C17H24ClNO2S. The fourth-order valence-electron chi connectivity index (χ4n) is 4.50. The van der Waals surface area contributed by atoms with Crippen molar-refractivity contribution in [1.82, 2.24) is 5.32 Å². The quantitative estimate of drug-likeness (QED) is 0.908. The van der Waals surface area contributed by atoms with Crippen molar-refractivity contribution in [2.75, 3.05) is 20.3 Å². The van der Waals surface area contributed by atoms with Gasteiger partial charge in [-0.25, -0.2) is 0 Å². The van der Waals surface area contributed by atoms with Gasteiger partial charge in [-0.3, -0.25) is 0 Å². The zero-order valence-electron chi connectivity index (χ0n) is 13.3. The van der Waals surface area contributed by atoms with Gasteiger partial charge in [-0.2, -0.15) is 0 Å². The minimum absolute atomic E-state index is 0.135. The molecule has 1 saturated carbocycles. The summed E-state index contributed by atoms with van der Waals surface area (Å²) in [7, 11) is 1.82. The molecule has 0 aromatic carbocycles. The van der Waals surface area contributed by atoms with Gasteiger partial charge in [-0.15, -0.1) is 11.3 Å². The van der Waals surface area contributed by atoms with Gasteiger partial charge in [0.25, 0.3) is 0 Å². The normalized spacial score (nSPS) is 36.3. The van der Waals surface area contributed by atoms with Crippen LogP contribution in [0.15, 0.2) is 6.07 Å². The summed E-state index contributed by atoms with van der Waals surface area (Å²) >= 11 is 8.03. The molecule has 1 N–H and O–H groups in total. The highest BCUT2D eigenvalue weighted by Gasteiger charge is 2.56. The van der Waals surface area contributed by atoms with Gasteiger partial charge < -0.3 is 14.8 Å². The number of halogens is 1. The van der Waals surface area contributed by atoms with Gasteiger partial charge in [0.1, 0.15) is 5.60 Å². The maximum Gasteiger partial charge on any atom is 0.106 e. The first kappa shape index (κ1) is 15.4. The molecule has 2 aliphatic heterocycles. The fourth-order valence-corrected chi connectivity index (χ4v) is 5.96. The molecule has 1 aromatic rings. The summed E-state index contributed by atoms with van der Waals surface area (Å²) in [4.78, 5) is 1.38. The summed E-state index contributed by atoms with van der Waals surface area (Å²) in [6.07, 6.45) is 5.61. The van der Waals surface area contributed by atoms with Crippen molar-refractivity contribution >= 4 is 22.9 Å². The summed E-state index contributed by atoms with van der Waals surface area (Å²) in [5.41, 5.74) is 1.59. The molecule has 3 nitrogen and oxygen atoms in total. The van der Waals surface area contributed by atoms with Crippen LogP contribution in [0.25, 0.3) is 0 Å². The van der Waals surface area contributed by atoms with Gasteiger partial charge in [-0.05, 0) is 50.7 Å². The first-order valence-electron chi connectivity index (χ1n) is 8.25. The molecule has 2 fully saturated rings. The predicted molar refractivity (Wildman–Crippen MR) is 89.8 cm³/mol. The van der Waals surface area contributed by atoms with Gasteiger partial charge >= 0.3 is 0 Å². The number of thiophene rings is 1. The molecule has 1 aromatic heterocycles. The van der Waals surface area contributed by atoms with Gasteiger partial charge in [0, 0.05) is 29.5 Å². The van der Waals surface area contributed by atoms with Crippen molar-refractivity contribution in [3.8, 4) is 0 Å². The Morgan fingerprint density at radius 1 is 1.45 bits per heavy atom. The highest BCUT2D eigenvalue weighted by Crippen LogP contribution is 2.56. The largest absolute Gasteiger partial charge is 0.384 e. The van der Waals surface area contributed by atoms with E-state index in [4.69, 9.17) is 21.1 Å². The van der Waals surface area contributed by atoms with E-state index in [1.54, 1.807) is 11.3 Å². The van der Waals surface area contributed by atoms with Crippen LogP contribution in [-0.4, -0.2) is 32.4 Å². The summed E-state index contributed by atoms with van der Waals surface area (Å²) in [6.45, 7) is 3.95. The lowest BCUT2D eigenvalue weighted by atomic mass is 9.75. The Morgan fingerprint density at radius 3 is 3.00 bits per heavy atom. The number of rotatable bonds is 3. The van der Waals surface area contributed by atoms with E-state index in [1.807, 2.05) is 7.11 Å². The lowest BCUT2D eigenvalue weighted by Crippen LogP contribution is -2.56. The maximum atomic E-state index is 6.42. The molecule has 0 bridgehead atoms. The number of ether oxygens (including phenoxy) is 2. The molecule has 122 valence electrons. The lowest BCUT2D eigenvalue weighted by molar-refractivity contribution is -0.104. The van der Waals surface area contributed by atoms with Crippen LogP contribution in [0.5, 0.6) is 0 Å². The molecule has 4 rings (SSSR count). The Morgan fingerprint density at radius 2 is 2.27 bits per heavy atom. The Hall–Kier alpha value is -0.130. The van der Waals surface area contributed by atoms with E-state index in [0.717, 1.165) is 36.8 Å². The monoisotopic (exact) mass is 341 g/mol. The third-order valence-corrected chi connectivity index (χ3v) is 7.15. The second-order valence-electron chi connectivity index (χ2n) is 7.32. The van der Waals surface area contributed by atoms with E-state index in [0.29, 0.717) is 17.5 Å². The molecule has 1 aliphatic carbocycles. The number of methoxy groups -OCH3 is 1. The SMILES string of the molecule is COCC1(C2C[C@]3(C[C@H](C)N2)OCCc2cc(Cl)sc23)CC1. The molecule has 0 amide bonds. The Bertz CT molecular complexity index is 571. The Labute approximate surface area is 141 Å².